The van der Waals surface area contributed by atoms with Crippen molar-refractivity contribution in [1.82, 2.24) is 15.1 Å². The summed E-state index contributed by atoms with van der Waals surface area (Å²) in [5.41, 5.74) is -0.804. The third-order valence-corrected chi connectivity index (χ3v) is 3.86. The number of carboxylic acid groups (broad SMARTS) is 1. The lowest BCUT2D eigenvalue weighted by molar-refractivity contribution is -0.144. The van der Waals surface area contributed by atoms with Gasteiger partial charge in [0.25, 0.3) is 0 Å². The molecule has 1 heterocycles. The van der Waals surface area contributed by atoms with Crippen molar-refractivity contribution in [2.45, 2.75) is 25.8 Å². The van der Waals surface area contributed by atoms with Crippen molar-refractivity contribution in [3.63, 3.8) is 0 Å². The average molecular weight is 243 g/mol. The molecule has 1 rings (SSSR count). The number of nitrogens with zero attached hydrogens (tertiary/aromatic N) is 2. The van der Waals surface area contributed by atoms with Gasteiger partial charge in [-0.2, -0.15) is 0 Å². The quantitative estimate of drug-likeness (QED) is 0.692. The molecule has 0 bridgehead atoms. The minimum Gasteiger partial charge on any atom is -0.480 e. The summed E-state index contributed by atoms with van der Waals surface area (Å²) < 4.78 is 0. The Labute approximate surface area is 104 Å². The molecule has 5 heteroatoms. The second kappa shape index (κ2) is 6.33. The van der Waals surface area contributed by atoms with Gasteiger partial charge in [0, 0.05) is 32.7 Å². The van der Waals surface area contributed by atoms with Crippen molar-refractivity contribution in [3.8, 4) is 0 Å². The zero-order valence-electron chi connectivity index (χ0n) is 11.2. The first-order valence-electron chi connectivity index (χ1n) is 6.39. The SMILES string of the molecule is CCN1CCN(CCC(C)(NC)C(=O)O)CC1. The summed E-state index contributed by atoms with van der Waals surface area (Å²) >= 11 is 0. The van der Waals surface area contributed by atoms with Gasteiger partial charge in [-0.1, -0.05) is 6.92 Å². The van der Waals surface area contributed by atoms with E-state index in [1.807, 2.05) is 0 Å². The molecule has 0 saturated carbocycles. The maximum absolute atomic E-state index is 11.1. The van der Waals surface area contributed by atoms with Crippen LogP contribution in [0, 0.1) is 0 Å². The van der Waals surface area contributed by atoms with Crippen LogP contribution in [0.3, 0.4) is 0 Å². The Bertz CT molecular complexity index is 252. The summed E-state index contributed by atoms with van der Waals surface area (Å²) in [6.07, 6.45) is 0.644. The van der Waals surface area contributed by atoms with Crippen molar-refractivity contribution < 1.29 is 9.90 Å². The van der Waals surface area contributed by atoms with Crippen LogP contribution in [-0.2, 0) is 4.79 Å². The Hall–Kier alpha value is -0.650. The van der Waals surface area contributed by atoms with Crippen LogP contribution in [-0.4, -0.2) is 72.7 Å². The lowest BCUT2D eigenvalue weighted by Gasteiger charge is -2.35. The number of nitrogens with one attached hydrogen (secondary N) is 1. The van der Waals surface area contributed by atoms with Gasteiger partial charge in [0.05, 0.1) is 0 Å². The third kappa shape index (κ3) is 3.94. The number of piperazine rings is 1. The molecule has 17 heavy (non-hydrogen) atoms. The molecule has 0 aromatic heterocycles. The molecule has 0 spiro atoms. The van der Waals surface area contributed by atoms with E-state index in [4.69, 9.17) is 5.11 Å². The monoisotopic (exact) mass is 243 g/mol. The first kappa shape index (κ1) is 14.4. The van der Waals surface area contributed by atoms with Crippen LogP contribution < -0.4 is 5.32 Å². The van der Waals surface area contributed by atoms with Gasteiger partial charge in [0.2, 0.25) is 0 Å². The zero-order valence-corrected chi connectivity index (χ0v) is 11.2. The molecule has 0 aromatic rings. The lowest BCUT2D eigenvalue weighted by Crippen LogP contribution is -2.52. The Morgan fingerprint density at radius 1 is 1.29 bits per heavy atom. The summed E-state index contributed by atoms with van der Waals surface area (Å²) in [5.74, 6) is -0.771. The van der Waals surface area contributed by atoms with E-state index in [9.17, 15) is 4.79 Å². The molecule has 1 fully saturated rings. The molecule has 100 valence electrons. The first-order valence-corrected chi connectivity index (χ1v) is 6.39. The van der Waals surface area contributed by atoms with Crippen molar-refractivity contribution in [1.29, 1.82) is 0 Å². The van der Waals surface area contributed by atoms with E-state index in [1.165, 1.54) is 0 Å². The third-order valence-electron chi connectivity index (χ3n) is 3.86. The molecule has 1 atom stereocenters. The molecule has 0 radical (unpaired) electrons. The summed E-state index contributed by atoms with van der Waals surface area (Å²) in [7, 11) is 1.71. The Morgan fingerprint density at radius 3 is 2.24 bits per heavy atom. The molecule has 1 unspecified atom stereocenters. The van der Waals surface area contributed by atoms with E-state index >= 15 is 0 Å². The summed E-state index contributed by atoms with van der Waals surface area (Å²) in [6, 6.07) is 0. The van der Waals surface area contributed by atoms with E-state index in [2.05, 4.69) is 22.0 Å². The van der Waals surface area contributed by atoms with Crippen molar-refractivity contribution in [2.24, 2.45) is 0 Å². The van der Waals surface area contributed by atoms with Gasteiger partial charge >= 0.3 is 5.97 Å². The lowest BCUT2D eigenvalue weighted by atomic mass is 9.98. The fourth-order valence-corrected chi connectivity index (χ4v) is 2.05. The summed E-state index contributed by atoms with van der Waals surface area (Å²) in [6.45, 7) is 10.2. The molecule has 1 saturated heterocycles. The van der Waals surface area contributed by atoms with Crippen LogP contribution in [0.1, 0.15) is 20.3 Å². The molecule has 5 nitrogen and oxygen atoms in total. The maximum Gasteiger partial charge on any atom is 0.323 e. The number of carboxylic acids is 1. The number of carbonyl (C=O) groups is 1. The van der Waals surface area contributed by atoms with Crippen molar-refractivity contribution in [3.05, 3.63) is 0 Å². The van der Waals surface area contributed by atoms with Crippen molar-refractivity contribution in [2.75, 3.05) is 46.3 Å². The minimum atomic E-state index is -0.804. The summed E-state index contributed by atoms with van der Waals surface area (Å²) in [5, 5.41) is 12.1. The number of hydrogen-bond acceptors (Lipinski definition) is 4. The van der Waals surface area contributed by atoms with Gasteiger partial charge in [-0.15, -0.1) is 0 Å². The fourth-order valence-electron chi connectivity index (χ4n) is 2.05. The van der Waals surface area contributed by atoms with E-state index < -0.39 is 11.5 Å². The van der Waals surface area contributed by atoms with Gasteiger partial charge in [0.1, 0.15) is 5.54 Å². The minimum absolute atomic E-state index is 0.644. The van der Waals surface area contributed by atoms with E-state index in [-0.39, 0.29) is 0 Å². The highest BCUT2D eigenvalue weighted by molar-refractivity contribution is 5.78. The smallest absolute Gasteiger partial charge is 0.323 e. The van der Waals surface area contributed by atoms with Gasteiger partial charge in [-0.3, -0.25) is 4.79 Å². The van der Waals surface area contributed by atoms with Crippen LogP contribution in [0.15, 0.2) is 0 Å². The fraction of sp³-hybridized carbons (Fsp3) is 0.917. The van der Waals surface area contributed by atoms with E-state index in [0.29, 0.717) is 6.42 Å². The van der Waals surface area contributed by atoms with Crippen LogP contribution in [0.2, 0.25) is 0 Å². The number of hydrogen-bond donors (Lipinski definition) is 2. The number of likely N-dealkylation sites (N-methyl/N-ethyl adjacent to an activating group) is 2. The van der Waals surface area contributed by atoms with Gasteiger partial charge in [0.15, 0.2) is 0 Å². The molecular formula is C12H25N3O2. The highest BCUT2D eigenvalue weighted by Crippen LogP contribution is 2.11. The Kier molecular flexibility index (Phi) is 5.36. The predicted octanol–water partition coefficient (Wildman–Crippen LogP) is 0.0767. The maximum atomic E-state index is 11.1. The largest absolute Gasteiger partial charge is 0.480 e. The number of aliphatic carboxylic acids is 1. The molecule has 0 aliphatic carbocycles. The normalized spacial score (nSPS) is 22.3. The number of rotatable bonds is 6. The average Bonchev–Trinajstić information content (AvgIpc) is 2.36. The molecule has 1 aliphatic heterocycles. The van der Waals surface area contributed by atoms with Gasteiger partial charge in [-0.05, 0) is 26.9 Å². The zero-order chi connectivity index (χ0) is 12.9. The van der Waals surface area contributed by atoms with Crippen LogP contribution >= 0.6 is 0 Å². The first-order chi connectivity index (χ1) is 8.01. The summed E-state index contributed by atoms with van der Waals surface area (Å²) in [4.78, 5) is 15.9. The topological polar surface area (TPSA) is 55.8 Å². The van der Waals surface area contributed by atoms with E-state index in [0.717, 1.165) is 39.3 Å². The van der Waals surface area contributed by atoms with Crippen molar-refractivity contribution >= 4 is 5.97 Å². The predicted molar refractivity (Wildman–Crippen MR) is 68.3 cm³/mol. The molecule has 1 aliphatic rings. The molecular weight excluding hydrogens is 218 g/mol. The second-order valence-electron chi connectivity index (χ2n) is 4.91. The van der Waals surface area contributed by atoms with Crippen LogP contribution in [0.5, 0.6) is 0 Å². The van der Waals surface area contributed by atoms with E-state index in [1.54, 1.807) is 14.0 Å². The standard InChI is InChI=1S/C12H25N3O2/c1-4-14-7-9-15(10-8-14)6-5-12(2,13-3)11(16)17/h13H,4-10H2,1-3H3,(H,16,17). The second-order valence-corrected chi connectivity index (χ2v) is 4.91. The molecule has 0 aromatic carbocycles. The highest BCUT2D eigenvalue weighted by atomic mass is 16.4. The Morgan fingerprint density at radius 2 is 1.82 bits per heavy atom. The van der Waals surface area contributed by atoms with Crippen LogP contribution in [0.25, 0.3) is 0 Å². The van der Waals surface area contributed by atoms with Gasteiger partial charge in [-0.25, -0.2) is 0 Å². The Balaban J connectivity index is 2.34. The highest BCUT2D eigenvalue weighted by Gasteiger charge is 2.31. The van der Waals surface area contributed by atoms with Gasteiger partial charge < -0.3 is 20.2 Å². The molecule has 0 amide bonds. The molecule has 2 N–H and O–H groups in total. The van der Waals surface area contributed by atoms with Crippen LogP contribution in [0.4, 0.5) is 0 Å².